The third-order valence-corrected chi connectivity index (χ3v) is 4.50. The zero-order valence-corrected chi connectivity index (χ0v) is 14.8. The lowest BCUT2D eigenvalue weighted by Crippen LogP contribution is -2.35. The molecule has 5 nitrogen and oxygen atoms in total. The summed E-state index contributed by atoms with van der Waals surface area (Å²) in [5.41, 5.74) is 1.69. The molecule has 0 atom stereocenters. The van der Waals surface area contributed by atoms with Crippen molar-refractivity contribution in [2.24, 2.45) is 0 Å². The Morgan fingerprint density at radius 2 is 2.13 bits per heavy atom. The quantitative estimate of drug-likeness (QED) is 0.824. The second-order valence-corrected chi connectivity index (χ2v) is 6.78. The fourth-order valence-electron chi connectivity index (χ4n) is 2.86. The van der Waals surface area contributed by atoms with Crippen LogP contribution in [0.5, 0.6) is 0 Å². The predicted molar refractivity (Wildman–Crippen MR) is 91.2 cm³/mol. The Kier molecular flexibility index (Phi) is 5.13. The van der Waals surface area contributed by atoms with Crippen molar-refractivity contribution in [3.05, 3.63) is 51.8 Å². The second kappa shape index (κ2) is 7.27. The van der Waals surface area contributed by atoms with Gasteiger partial charge in [-0.05, 0) is 31.5 Å². The first-order chi connectivity index (χ1) is 11.1. The van der Waals surface area contributed by atoms with Crippen LogP contribution in [0.3, 0.4) is 0 Å². The van der Waals surface area contributed by atoms with Crippen molar-refractivity contribution >= 4 is 21.8 Å². The van der Waals surface area contributed by atoms with Gasteiger partial charge in [-0.25, -0.2) is 0 Å². The van der Waals surface area contributed by atoms with Crippen LogP contribution in [0.2, 0.25) is 0 Å². The molecule has 0 spiro atoms. The van der Waals surface area contributed by atoms with Gasteiger partial charge in [0.2, 0.25) is 0 Å². The van der Waals surface area contributed by atoms with Crippen LogP contribution in [0.1, 0.15) is 28.2 Å². The SMILES string of the molecule is Cc1cc(CN2CCCN(C(=O)c3cccc(Br)c3)CC2)no1. The fourth-order valence-corrected chi connectivity index (χ4v) is 3.26. The molecular formula is C17H20BrN3O2. The molecule has 1 aromatic heterocycles. The first-order valence-electron chi connectivity index (χ1n) is 7.81. The number of carbonyl (C=O) groups is 1. The number of hydrogen-bond acceptors (Lipinski definition) is 4. The van der Waals surface area contributed by atoms with Crippen LogP contribution in [-0.4, -0.2) is 47.0 Å². The highest BCUT2D eigenvalue weighted by Crippen LogP contribution is 2.15. The molecule has 0 bridgehead atoms. The maximum atomic E-state index is 12.6. The third kappa shape index (κ3) is 4.20. The van der Waals surface area contributed by atoms with Crippen LogP contribution >= 0.6 is 15.9 Å². The van der Waals surface area contributed by atoms with Gasteiger partial charge in [0.1, 0.15) is 5.76 Å². The number of amides is 1. The van der Waals surface area contributed by atoms with Crippen molar-refractivity contribution in [2.45, 2.75) is 19.9 Å². The fraction of sp³-hybridized carbons (Fsp3) is 0.412. The topological polar surface area (TPSA) is 49.6 Å². The van der Waals surface area contributed by atoms with Crippen molar-refractivity contribution < 1.29 is 9.32 Å². The Morgan fingerprint density at radius 1 is 1.26 bits per heavy atom. The Balaban J connectivity index is 1.60. The lowest BCUT2D eigenvalue weighted by molar-refractivity contribution is 0.0761. The number of aryl methyl sites for hydroxylation is 1. The van der Waals surface area contributed by atoms with Gasteiger partial charge >= 0.3 is 0 Å². The van der Waals surface area contributed by atoms with Gasteiger partial charge in [0.25, 0.3) is 5.91 Å². The van der Waals surface area contributed by atoms with Crippen molar-refractivity contribution in [1.29, 1.82) is 0 Å². The van der Waals surface area contributed by atoms with E-state index in [9.17, 15) is 4.79 Å². The van der Waals surface area contributed by atoms with E-state index in [1.165, 1.54) is 0 Å². The third-order valence-electron chi connectivity index (χ3n) is 4.01. The number of hydrogen-bond donors (Lipinski definition) is 0. The maximum Gasteiger partial charge on any atom is 0.253 e. The molecule has 1 amide bonds. The Morgan fingerprint density at radius 3 is 2.87 bits per heavy atom. The standard InChI is InChI=1S/C17H20BrN3O2/c1-13-10-16(19-23-13)12-20-6-3-7-21(9-8-20)17(22)14-4-2-5-15(18)11-14/h2,4-5,10-11H,3,6-9,12H2,1H3. The molecule has 2 heterocycles. The van der Waals surface area contributed by atoms with Crippen LogP contribution in [0.4, 0.5) is 0 Å². The lowest BCUT2D eigenvalue weighted by atomic mass is 10.2. The van der Waals surface area contributed by atoms with Gasteiger partial charge in [0.15, 0.2) is 0 Å². The number of nitrogens with zero attached hydrogens (tertiary/aromatic N) is 3. The normalized spacial score (nSPS) is 16.3. The molecular weight excluding hydrogens is 358 g/mol. The van der Waals surface area contributed by atoms with Gasteiger partial charge in [-0.2, -0.15) is 0 Å². The number of halogens is 1. The molecule has 2 aromatic rings. The van der Waals surface area contributed by atoms with Gasteiger partial charge in [0.05, 0.1) is 5.69 Å². The molecule has 1 aliphatic rings. The first-order valence-corrected chi connectivity index (χ1v) is 8.60. The summed E-state index contributed by atoms with van der Waals surface area (Å²) in [4.78, 5) is 16.9. The van der Waals surface area contributed by atoms with Crippen molar-refractivity contribution in [2.75, 3.05) is 26.2 Å². The van der Waals surface area contributed by atoms with E-state index in [-0.39, 0.29) is 5.91 Å². The Bertz CT molecular complexity index is 686. The maximum absolute atomic E-state index is 12.6. The molecule has 0 N–H and O–H groups in total. The van der Waals surface area contributed by atoms with Gasteiger partial charge in [0, 0.05) is 48.8 Å². The van der Waals surface area contributed by atoms with Crippen molar-refractivity contribution in [1.82, 2.24) is 15.0 Å². The summed E-state index contributed by atoms with van der Waals surface area (Å²) >= 11 is 3.42. The summed E-state index contributed by atoms with van der Waals surface area (Å²) in [6.45, 7) is 6.02. The minimum absolute atomic E-state index is 0.102. The van der Waals surface area contributed by atoms with Crippen LogP contribution in [0.25, 0.3) is 0 Å². The molecule has 3 rings (SSSR count). The molecule has 1 fully saturated rings. The summed E-state index contributed by atoms with van der Waals surface area (Å²) < 4.78 is 6.05. The highest BCUT2D eigenvalue weighted by Gasteiger charge is 2.21. The van der Waals surface area contributed by atoms with E-state index in [4.69, 9.17) is 4.52 Å². The molecule has 23 heavy (non-hydrogen) atoms. The van der Waals surface area contributed by atoms with E-state index in [2.05, 4.69) is 26.0 Å². The van der Waals surface area contributed by atoms with Crippen LogP contribution in [0.15, 0.2) is 39.3 Å². The summed E-state index contributed by atoms with van der Waals surface area (Å²) in [7, 11) is 0. The Labute approximate surface area is 144 Å². The monoisotopic (exact) mass is 377 g/mol. The number of rotatable bonds is 3. The molecule has 1 saturated heterocycles. The number of benzene rings is 1. The zero-order valence-electron chi connectivity index (χ0n) is 13.2. The molecule has 1 aliphatic heterocycles. The molecule has 6 heteroatoms. The van der Waals surface area contributed by atoms with E-state index >= 15 is 0 Å². The van der Waals surface area contributed by atoms with Crippen LogP contribution < -0.4 is 0 Å². The molecule has 0 aliphatic carbocycles. The molecule has 1 aromatic carbocycles. The van der Waals surface area contributed by atoms with Crippen LogP contribution in [-0.2, 0) is 6.54 Å². The van der Waals surface area contributed by atoms with E-state index in [0.29, 0.717) is 0 Å². The van der Waals surface area contributed by atoms with Gasteiger partial charge in [-0.3, -0.25) is 9.69 Å². The van der Waals surface area contributed by atoms with E-state index in [0.717, 1.165) is 60.6 Å². The van der Waals surface area contributed by atoms with Crippen molar-refractivity contribution in [3.8, 4) is 0 Å². The Hall–Kier alpha value is -1.66. The highest BCUT2D eigenvalue weighted by molar-refractivity contribution is 9.10. The smallest absolute Gasteiger partial charge is 0.253 e. The number of carbonyl (C=O) groups excluding carboxylic acids is 1. The molecule has 122 valence electrons. The molecule has 0 radical (unpaired) electrons. The predicted octanol–water partition coefficient (Wildman–Crippen LogP) is 3.09. The van der Waals surface area contributed by atoms with E-state index < -0.39 is 0 Å². The molecule has 0 unspecified atom stereocenters. The van der Waals surface area contributed by atoms with E-state index in [1.54, 1.807) is 0 Å². The second-order valence-electron chi connectivity index (χ2n) is 5.86. The largest absolute Gasteiger partial charge is 0.361 e. The van der Waals surface area contributed by atoms with Gasteiger partial charge < -0.3 is 9.42 Å². The van der Waals surface area contributed by atoms with E-state index in [1.807, 2.05) is 42.2 Å². The lowest BCUT2D eigenvalue weighted by Gasteiger charge is -2.21. The van der Waals surface area contributed by atoms with Crippen LogP contribution in [0, 0.1) is 6.92 Å². The minimum Gasteiger partial charge on any atom is -0.361 e. The van der Waals surface area contributed by atoms with Crippen molar-refractivity contribution in [3.63, 3.8) is 0 Å². The summed E-state index contributed by atoms with van der Waals surface area (Å²) in [5, 5.41) is 4.05. The number of aromatic nitrogens is 1. The summed E-state index contributed by atoms with van der Waals surface area (Å²) in [6, 6.07) is 9.54. The molecule has 0 saturated carbocycles. The average Bonchev–Trinajstić information content (AvgIpc) is 2.80. The van der Waals surface area contributed by atoms with Gasteiger partial charge in [-0.1, -0.05) is 27.2 Å². The minimum atomic E-state index is 0.102. The summed E-state index contributed by atoms with van der Waals surface area (Å²) in [6.07, 6.45) is 0.969. The van der Waals surface area contributed by atoms with Gasteiger partial charge in [-0.15, -0.1) is 0 Å². The highest BCUT2D eigenvalue weighted by atomic mass is 79.9. The zero-order chi connectivity index (χ0) is 16.2. The summed E-state index contributed by atoms with van der Waals surface area (Å²) in [5.74, 6) is 0.937. The first kappa shape index (κ1) is 16.2. The average molecular weight is 378 g/mol.